The molecule has 4 amide bonds. The molecule has 2 heterocycles. The Kier molecular flexibility index (Phi) is 9.46. The Morgan fingerprint density at radius 1 is 1.00 bits per heavy atom. The number of nitrogens with two attached hydrogens (primary N) is 1. The van der Waals surface area contributed by atoms with Crippen molar-refractivity contribution in [1.29, 1.82) is 0 Å². The van der Waals surface area contributed by atoms with Gasteiger partial charge in [0.1, 0.15) is 30.3 Å². The maximum Gasteiger partial charge on any atom is 0.329 e. The number of aliphatic hydroxyl groups excluding tert-OH is 1. The number of nitrogens with one attached hydrogen (secondary N) is 1. The van der Waals surface area contributed by atoms with E-state index in [1.807, 2.05) is 0 Å². The highest BCUT2D eigenvalue weighted by atomic mass is 16.5. The molecule has 4 N–H and O–H groups in total. The molecule has 0 aromatic rings. The monoisotopic (exact) mass is 511 g/mol. The Bertz CT molecular complexity index is 879. The fourth-order valence-electron chi connectivity index (χ4n) is 4.80. The first-order valence-electron chi connectivity index (χ1n) is 12.4. The van der Waals surface area contributed by atoms with E-state index in [0.29, 0.717) is 0 Å². The van der Waals surface area contributed by atoms with Gasteiger partial charge in [0.2, 0.25) is 23.6 Å². The van der Waals surface area contributed by atoms with Crippen LogP contribution in [0.25, 0.3) is 0 Å². The van der Waals surface area contributed by atoms with Crippen molar-refractivity contribution >= 4 is 29.6 Å². The third kappa shape index (κ3) is 5.97. The van der Waals surface area contributed by atoms with Gasteiger partial charge in [-0.05, 0) is 32.1 Å². The van der Waals surface area contributed by atoms with Crippen molar-refractivity contribution in [1.82, 2.24) is 20.0 Å². The summed E-state index contributed by atoms with van der Waals surface area (Å²) in [6.45, 7) is 9.77. The van der Waals surface area contributed by atoms with E-state index >= 15 is 0 Å². The van der Waals surface area contributed by atoms with Gasteiger partial charge in [0, 0.05) is 20.1 Å². The van der Waals surface area contributed by atoms with Gasteiger partial charge in [0.15, 0.2) is 0 Å². The second-order valence-corrected chi connectivity index (χ2v) is 10.6. The number of cyclic esters (lactones) is 1. The summed E-state index contributed by atoms with van der Waals surface area (Å²) >= 11 is 0. The summed E-state index contributed by atoms with van der Waals surface area (Å²) in [6, 6.07) is -5.01. The van der Waals surface area contributed by atoms with Gasteiger partial charge < -0.3 is 35.6 Å². The topological polar surface area (TPSA) is 163 Å². The minimum absolute atomic E-state index is 0.164. The normalized spacial score (nSPS) is 33.8. The molecule has 2 aliphatic heterocycles. The number of aliphatic hydroxyl groups is 1. The number of amides is 4. The van der Waals surface area contributed by atoms with Crippen molar-refractivity contribution in [3.8, 4) is 0 Å². The SMILES string of the molecule is CC(C)[C@H]1C(=O)O[C@H](C)[C@H](N)C(=O)N[C@H](C(C)C)C(=O)N2[C@H](C(=O)N(C)CC(=O)N1C)[C@@H](O)C[C@@H]2C. The molecule has 204 valence electrons. The van der Waals surface area contributed by atoms with Crippen LogP contribution in [0.15, 0.2) is 0 Å². The molecule has 36 heavy (non-hydrogen) atoms. The zero-order valence-electron chi connectivity index (χ0n) is 22.4. The molecular formula is C24H41N5O7. The largest absolute Gasteiger partial charge is 0.459 e. The zero-order chi connectivity index (χ0) is 27.6. The number of likely N-dealkylation sites (N-methyl/N-ethyl adjacent to an activating group) is 2. The van der Waals surface area contributed by atoms with E-state index in [-0.39, 0.29) is 24.8 Å². The summed E-state index contributed by atoms with van der Waals surface area (Å²) in [5, 5.41) is 13.4. The van der Waals surface area contributed by atoms with E-state index in [1.165, 1.54) is 30.8 Å². The summed E-state index contributed by atoms with van der Waals surface area (Å²) in [7, 11) is 2.84. The van der Waals surface area contributed by atoms with Gasteiger partial charge in [-0.15, -0.1) is 0 Å². The van der Waals surface area contributed by atoms with Crippen LogP contribution in [0.1, 0.15) is 48.0 Å². The highest BCUT2D eigenvalue weighted by Crippen LogP contribution is 2.28. The average Bonchev–Trinajstić information content (AvgIpc) is 3.07. The van der Waals surface area contributed by atoms with Gasteiger partial charge in [-0.3, -0.25) is 19.2 Å². The van der Waals surface area contributed by atoms with Crippen LogP contribution >= 0.6 is 0 Å². The van der Waals surface area contributed by atoms with E-state index in [4.69, 9.17) is 10.5 Å². The lowest BCUT2D eigenvalue weighted by atomic mass is 10.00. The van der Waals surface area contributed by atoms with Crippen LogP contribution in [0.5, 0.6) is 0 Å². The minimum atomic E-state index is -1.28. The van der Waals surface area contributed by atoms with Crippen molar-refractivity contribution in [3.63, 3.8) is 0 Å². The molecule has 2 aliphatic rings. The van der Waals surface area contributed by atoms with Gasteiger partial charge in [0.05, 0.1) is 12.6 Å². The molecule has 0 aromatic heterocycles. The predicted octanol–water partition coefficient (Wildman–Crippen LogP) is -1.31. The standard InChI is InChI=1S/C24H41N5O7/c1-11(2)18-22(33)29-13(5)9-15(30)20(29)23(34)27(7)10-16(31)28(8)19(12(3)4)24(35)36-14(6)17(25)21(32)26-18/h11-15,17-20,30H,9-10,25H2,1-8H3,(H,26,32)/t13-,14+,15-,17-,18+,19-,20-/m0/s1. The third-order valence-electron chi connectivity index (χ3n) is 7.00. The number of rotatable bonds is 2. The van der Waals surface area contributed by atoms with Crippen LogP contribution in [0, 0.1) is 11.8 Å². The smallest absolute Gasteiger partial charge is 0.329 e. The molecule has 2 rings (SSSR count). The zero-order valence-corrected chi connectivity index (χ0v) is 22.4. The second kappa shape index (κ2) is 11.5. The third-order valence-corrected chi connectivity index (χ3v) is 7.00. The maximum atomic E-state index is 13.6. The van der Waals surface area contributed by atoms with Crippen molar-refractivity contribution in [3.05, 3.63) is 0 Å². The molecule has 0 radical (unpaired) electrons. The van der Waals surface area contributed by atoms with E-state index in [9.17, 15) is 29.1 Å². The quantitative estimate of drug-likeness (QED) is 0.385. The molecule has 0 aromatic carbocycles. The molecule has 12 heteroatoms. The second-order valence-electron chi connectivity index (χ2n) is 10.6. The van der Waals surface area contributed by atoms with E-state index in [0.717, 1.165) is 4.90 Å². The number of ether oxygens (including phenoxy) is 1. The lowest BCUT2D eigenvalue weighted by Gasteiger charge is -2.37. The number of carbonyl (C=O) groups is 5. The Morgan fingerprint density at radius 3 is 2.11 bits per heavy atom. The van der Waals surface area contributed by atoms with Crippen molar-refractivity contribution < 1.29 is 33.8 Å². The van der Waals surface area contributed by atoms with Gasteiger partial charge in [0.25, 0.3) is 0 Å². The molecule has 7 atom stereocenters. The highest BCUT2D eigenvalue weighted by molar-refractivity contribution is 5.96. The predicted molar refractivity (Wildman–Crippen MR) is 130 cm³/mol. The van der Waals surface area contributed by atoms with E-state index in [2.05, 4.69) is 5.32 Å². The molecule has 0 bridgehead atoms. The van der Waals surface area contributed by atoms with Crippen LogP contribution in [0.4, 0.5) is 0 Å². The van der Waals surface area contributed by atoms with Crippen molar-refractivity contribution in [2.75, 3.05) is 20.6 Å². The Hall–Kier alpha value is -2.73. The lowest BCUT2D eigenvalue weighted by Crippen LogP contribution is -2.61. The van der Waals surface area contributed by atoms with Crippen LogP contribution < -0.4 is 11.1 Å². The molecule has 2 saturated heterocycles. The van der Waals surface area contributed by atoms with Crippen LogP contribution in [0.2, 0.25) is 0 Å². The van der Waals surface area contributed by atoms with Gasteiger partial charge in [-0.25, -0.2) is 4.79 Å². The number of nitrogens with zero attached hydrogens (tertiary/aromatic N) is 3. The average molecular weight is 512 g/mol. The number of hydrogen-bond donors (Lipinski definition) is 3. The summed E-state index contributed by atoms with van der Waals surface area (Å²) in [4.78, 5) is 69.7. The van der Waals surface area contributed by atoms with Crippen molar-refractivity contribution in [2.24, 2.45) is 17.6 Å². The van der Waals surface area contributed by atoms with Crippen LogP contribution in [-0.2, 0) is 28.7 Å². The van der Waals surface area contributed by atoms with E-state index < -0.39 is 72.0 Å². The molecule has 2 fully saturated rings. The first kappa shape index (κ1) is 29.5. The molecule has 0 saturated carbocycles. The molecule has 0 aliphatic carbocycles. The fourth-order valence-corrected chi connectivity index (χ4v) is 4.80. The summed E-state index contributed by atoms with van der Waals surface area (Å²) < 4.78 is 5.47. The maximum absolute atomic E-state index is 13.6. The Morgan fingerprint density at radius 2 is 1.58 bits per heavy atom. The van der Waals surface area contributed by atoms with Gasteiger partial charge >= 0.3 is 5.97 Å². The number of hydrogen-bond acceptors (Lipinski definition) is 8. The van der Waals surface area contributed by atoms with E-state index in [1.54, 1.807) is 34.6 Å². The van der Waals surface area contributed by atoms with Crippen molar-refractivity contribution in [2.45, 2.75) is 90.4 Å². The molecule has 12 nitrogen and oxygen atoms in total. The van der Waals surface area contributed by atoms with Gasteiger partial charge in [-0.2, -0.15) is 0 Å². The minimum Gasteiger partial charge on any atom is -0.459 e. The first-order valence-corrected chi connectivity index (χ1v) is 12.4. The summed E-state index contributed by atoms with van der Waals surface area (Å²) in [5.41, 5.74) is 6.08. The molecule has 0 spiro atoms. The van der Waals surface area contributed by atoms with Crippen LogP contribution in [0.3, 0.4) is 0 Å². The first-order chi connectivity index (χ1) is 16.6. The summed E-state index contributed by atoms with van der Waals surface area (Å²) in [6.07, 6.45) is -2.02. The van der Waals surface area contributed by atoms with Crippen LogP contribution in [-0.4, -0.2) is 112 Å². The fraction of sp³-hybridized carbons (Fsp3) is 0.792. The number of carbonyl (C=O) groups excluding carboxylic acids is 5. The summed E-state index contributed by atoms with van der Waals surface area (Å²) in [5.74, 6) is -3.82. The highest BCUT2D eigenvalue weighted by Gasteiger charge is 2.49. The van der Waals surface area contributed by atoms with Gasteiger partial charge in [-0.1, -0.05) is 27.7 Å². The Labute approximate surface area is 212 Å². The number of fused-ring (bicyclic) bond motifs is 1. The molecule has 0 unspecified atom stereocenters. The lowest BCUT2D eigenvalue weighted by molar-refractivity contribution is -0.163. The Balaban J connectivity index is 2.55. The number of esters is 1. The molecular weight excluding hydrogens is 470 g/mol.